The Morgan fingerprint density at radius 1 is 1.15 bits per heavy atom. The lowest BCUT2D eigenvalue weighted by molar-refractivity contribution is -0.146. The summed E-state index contributed by atoms with van der Waals surface area (Å²) in [6.45, 7) is 1.85. The third-order valence-electron chi connectivity index (χ3n) is 3.69. The van der Waals surface area contributed by atoms with Crippen LogP contribution in [0.15, 0.2) is 46.9 Å². The van der Waals surface area contributed by atoms with Crippen molar-refractivity contribution in [3.05, 3.63) is 63.9 Å². The minimum absolute atomic E-state index is 0.0282. The molecule has 7 heteroatoms. The van der Waals surface area contributed by atoms with Crippen LogP contribution in [-0.2, 0) is 20.7 Å². The van der Waals surface area contributed by atoms with Crippen molar-refractivity contribution < 1.29 is 23.5 Å². The largest absolute Gasteiger partial charge is 0.479 e. The molecule has 0 radical (unpaired) electrons. The average molecular weight is 438 g/mol. The van der Waals surface area contributed by atoms with Crippen LogP contribution in [0.5, 0.6) is 5.75 Å². The van der Waals surface area contributed by atoms with E-state index in [2.05, 4.69) is 21.2 Å². The summed E-state index contributed by atoms with van der Waals surface area (Å²) in [6.07, 6.45) is 1.02. The summed E-state index contributed by atoms with van der Waals surface area (Å²) in [4.78, 5) is 23.4. The predicted octanol–water partition coefficient (Wildman–Crippen LogP) is 3.57. The predicted molar refractivity (Wildman–Crippen MR) is 103 cm³/mol. The van der Waals surface area contributed by atoms with E-state index in [1.807, 2.05) is 31.2 Å². The van der Waals surface area contributed by atoms with Crippen molar-refractivity contribution in [2.45, 2.75) is 19.8 Å². The Kier molecular flexibility index (Phi) is 8.26. The third kappa shape index (κ3) is 7.78. The molecule has 144 valence electrons. The molecule has 1 amide bonds. The molecule has 0 saturated heterocycles. The molecule has 0 unspecified atom stereocenters. The maximum Gasteiger partial charge on any atom is 0.344 e. The molecule has 2 rings (SSSR count). The first-order valence-electron chi connectivity index (χ1n) is 8.50. The lowest BCUT2D eigenvalue weighted by Crippen LogP contribution is -2.29. The fraction of sp³-hybridized carbons (Fsp3) is 0.300. The summed E-state index contributed by atoms with van der Waals surface area (Å²) < 4.78 is 24.1. The van der Waals surface area contributed by atoms with Gasteiger partial charge in [0, 0.05) is 10.9 Å². The molecule has 0 saturated carbocycles. The van der Waals surface area contributed by atoms with Gasteiger partial charge < -0.3 is 14.8 Å². The van der Waals surface area contributed by atoms with Gasteiger partial charge in [-0.1, -0.05) is 45.8 Å². The second-order valence-corrected chi connectivity index (χ2v) is 6.84. The van der Waals surface area contributed by atoms with E-state index in [1.54, 1.807) is 6.07 Å². The summed E-state index contributed by atoms with van der Waals surface area (Å²) in [6, 6.07) is 12.3. The van der Waals surface area contributed by atoms with Crippen molar-refractivity contribution in [2.24, 2.45) is 0 Å². The van der Waals surface area contributed by atoms with Gasteiger partial charge in [0.15, 0.2) is 18.2 Å². The highest BCUT2D eigenvalue weighted by molar-refractivity contribution is 9.10. The van der Waals surface area contributed by atoms with Gasteiger partial charge in [-0.05, 0) is 37.1 Å². The molecule has 0 aliphatic heterocycles. The summed E-state index contributed by atoms with van der Waals surface area (Å²) in [7, 11) is 0. The van der Waals surface area contributed by atoms with E-state index in [9.17, 15) is 14.0 Å². The quantitative estimate of drug-likeness (QED) is 0.481. The number of aryl methyl sites for hydroxylation is 2. The van der Waals surface area contributed by atoms with Crippen molar-refractivity contribution in [1.82, 2.24) is 5.32 Å². The summed E-state index contributed by atoms with van der Waals surface area (Å²) >= 11 is 3.14. The van der Waals surface area contributed by atoms with E-state index in [0.29, 0.717) is 17.3 Å². The normalized spacial score (nSPS) is 10.3. The van der Waals surface area contributed by atoms with Crippen molar-refractivity contribution in [3.63, 3.8) is 0 Å². The zero-order valence-electron chi connectivity index (χ0n) is 15.0. The van der Waals surface area contributed by atoms with Gasteiger partial charge in [-0.3, -0.25) is 4.79 Å². The minimum atomic E-state index is -0.633. The Balaban J connectivity index is 1.58. The first kappa shape index (κ1) is 20.9. The molecule has 0 bridgehead atoms. The average Bonchev–Trinajstić information content (AvgIpc) is 2.64. The Morgan fingerprint density at radius 3 is 2.59 bits per heavy atom. The van der Waals surface area contributed by atoms with Gasteiger partial charge in [0.25, 0.3) is 0 Å². The van der Waals surface area contributed by atoms with Gasteiger partial charge in [0.1, 0.15) is 6.61 Å². The Hall–Kier alpha value is -2.41. The molecule has 0 heterocycles. The van der Waals surface area contributed by atoms with Crippen LogP contribution < -0.4 is 10.1 Å². The number of ether oxygens (including phenoxy) is 2. The molecular formula is C20H21BrFNO4. The van der Waals surface area contributed by atoms with Crippen LogP contribution in [0.3, 0.4) is 0 Å². The smallest absolute Gasteiger partial charge is 0.344 e. The van der Waals surface area contributed by atoms with Gasteiger partial charge >= 0.3 is 5.97 Å². The topological polar surface area (TPSA) is 64.6 Å². The summed E-state index contributed by atoms with van der Waals surface area (Å²) in [5.41, 5.74) is 2.27. The number of amides is 1. The maximum absolute atomic E-state index is 13.6. The maximum atomic E-state index is 13.6. The molecule has 5 nitrogen and oxygen atoms in total. The minimum Gasteiger partial charge on any atom is -0.479 e. The first-order valence-corrected chi connectivity index (χ1v) is 9.29. The number of rotatable bonds is 9. The SMILES string of the molecule is Cc1ccc(CCC(=O)NCCOC(=O)COc2ccc(Br)cc2F)cc1. The molecule has 0 aliphatic carbocycles. The van der Waals surface area contributed by atoms with Crippen molar-refractivity contribution in [2.75, 3.05) is 19.8 Å². The molecule has 0 aliphatic rings. The van der Waals surface area contributed by atoms with Crippen LogP contribution in [-0.4, -0.2) is 31.6 Å². The van der Waals surface area contributed by atoms with Crippen LogP contribution in [0.1, 0.15) is 17.5 Å². The number of halogens is 2. The molecular weight excluding hydrogens is 417 g/mol. The monoisotopic (exact) mass is 437 g/mol. The van der Waals surface area contributed by atoms with Gasteiger partial charge in [0.2, 0.25) is 5.91 Å². The number of benzene rings is 2. The van der Waals surface area contributed by atoms with E-state index in [4.69, 9.17) is 9.47 Å². The number of carbonyl (C=O) groups is 2. The second kappa shape index (κ2) is 10.7. The number of esters is 1. The third-order valence-corrected chi connectivity index (χ3v) is 4.18. The molecule has 0 spiro atoms. The fourth-order valence-electron chi connectivity index (χ4n) is 2.23. The van der Waals surface area contributed by atoms with E-state index in [0.717, 1.165) is 5.56 Å². The number of nitrogens with one attached hydrogen (secondary N) is 1. The highest BCUT2D eigenvalue weighted by Crippen LogP contribution is 2.21. The van der Waals surface area contributed by atoms with Crippen LogP contribution in [0.2, 0.25) is 0 Å². The zero-order valence-corrected chi connectivity index (χ0v) is 16.6. The van der Waals surface area contributed by atoms with Gasteiger partial charge in [-0.2, -0.15) is 0 Å². The van der Waals surface area contributed by atoms with Gasteiger partial charge in [-0.25, -0.2) is 9.18 Å². The summed E-state index contributed by atoms with van der Waals surface area (Å²) in [5.74, 6) is -1.34. The molecule has 1 N–H and O–H groups in total. The van der Waals surface area contributed by atoms with Crippen molar-refractivity contribution in [3.8, 4) is 5.75 Å². The molecule has 0 atom stereocenters. The Bertz CT molecular complexity index is 780. The highest BCUT2D eigenvalue weighted by Gasteiger charge is 2.09. The lowest BCUT2D eigenvalue weighted by Gasteiger charge is -2.09. The standard InChI is InChI=1S/C20H21BrFNO4/c1-14-2-4-15(5-3-14)6-9-19(24)23-10-11-26-20(25)13-27-18-8-7-16(21)12-17(18)22/h2-5,7-8,12H,6,9-11,13H2,1H3,(H,23,24). The van der Waals surface area contributed by atoms with E-state index in [1.165, 1.54) is 17.7 Å². The van der Waals surface area contributed by atoms with Crippen molar-refractivity contribution >= 4 is 27.8 Å². The first-order chi connectivity index (χ1) is 12.9. The Morgan fingerprint density at radius 2 is 1.89 bits per heavy atom. The highest BCUT2D eigenvalue weighted by atomic mass is 79.9. The van der Waals surface area contributed by atoms with Crippen LogP contribution in [0.25, 0.3) is 0 Å². The molecule has 0 fully saturated rings. The van der Waals surface area contributed by atoms with Crippen molar-refractivity contribution in [1.29, 1.82) is 0 Å². The van der Waals surface area contributed by atoms with E-state index < -0.39 is 18.4 Å². The second-order valence-electron chi connectivity index (χ2n) is 5.92. The van der Waals surface area contributed by atoms with Crippen LogP contribution in [0.4, 0.5) is 4.39 Å². The lowest BCUT2D eigenvalue weighted by atomic mass is 10.1. The van der Waals surface area contributed by atoms with Gasteiger partial charge in [-0.15, -0.1) is 0 Å². The van der Waals surface area contributed by atoms with Gasteiger partial charge in [0.05, 0.1) is 6.54 Å². The molecule has 2 aromatic carbocycles. The molecule has 0 aromatic heterocycles. The number of hydrogen-bond donors (Lipinski definition) is 1. The van der Waals surface area contributed by atoms with E-state index in [-0.39, 0.29) is 24.8 Å². The fourth-order valence-corrected chi connectivity index (χ4v) is 2.56. The number of carbonyl (C=O) groups excluding carboxylic acids is 2. The van der Waals surface area contributed by atoms with E-state index >= 15 is 0 Å². The molecule has 27 heavy (non-hydrogen) atoms. The number of hydrogen-bond acceptors (Lipinski definition) is 4. The zero-order chi connectivity index (χ0) is 19.6. The van der Waals surface area contributed by atoms with Crippen LogP contribution in [0, 0.1) is 12.7 Å². The molecule has 2 aromatic rings. The summed E-state index contributed by atoms with van der Waals surface area (Å²) in [5, 5.41) is 2.69. The van der Waals surface area contributed by atoms with Crippen LogP contribution >= 0.6 is 15.9 Å². The Labute approximate surface area is 166 Å².